The topological polar surface area (TPSA) is 74.3 Å². The van der Waals surface area contributed by atoms with Gasteiger partial charge in [0.2, 0.25) is 5.69 Å². The minimum absolute atomic E-state index is 0.0530. The maximum absolute atomic E-state index is 13.6. The lowest BCUT2D eigenvalue weighted by molar-refractivity contribution is -0.497. The molecule has 1 amide bonds. The SMILES string of the molecule is O=C(NC(c1ccccn1)C(F)(F)F)c1[nH]c(N2CCOCC2)[n+]2ccccc12. The Morgan fingerprint density at radius 1 is 1.21 bits per heavy atom. The van der Waals surface area contributed by atoms with E-state index in [-0.39, 0.29) is 11.4 Å². The summed E-state index contributed by atoms with van der Waals surface area (Å²) in [6, 6.07) is 7.18. The fraction of sp³-hybridized carbons (Fsp3) is 0.316. The van der Waals surface area contributed by atoms with Gasteiger partial charge in [0.25, 0.3) is 5.91 Å². The van der Waals surface area contributed by atoms with Crippen LogP contribution >= 0.6 is 0 Å². The first kappa shape index (κ1) is 19.2. The van der Waals surface area contributed by atoms with Crippen molar-refractivity contribution in [2.45, 2.75) is 12.2 Å². The Morgan fingerprint density at radius 2 is 1.97 bits per heavy atom. The van der Waals surface area contributed by atoms with Crippen LogP contribution in [0.5, 0.6) is 0 Å². The number of rotatable bonds is 4. The van der Waals surface area contributed by atoms with Gasteiger partial charge in [0, 0.05) is 6.20 Å². The van der Waals surface area contributed by atoms with Gasteiger partial charge in [0.05, 0.1) is 38.2 Å². The quantitative estimate of drug-likeness (QED) is 0.651. The number of hydrogen-bond donors (Lipinski definition) is 2. The number of fused-ring (bicyclic) bond motifs is 1. The van der Waals surface area contributed by atoms with E-state index >= 15 is 0 Å². The van der Waals surface area contributed by atoms with Crippen molar-refractivity contribution in [2.24, 2.45) is 0 Å². The van der Waals surface area contributed by atoms with Crippen LogP contribution in [-0.2, 0) is 4.74 Å². The van der Waals surface area contributed by atoms with Gasteiger partial charge in [-0.1, -0.05) is 12.1 Å². The zero-order valence-electron chi connectivity index (χ0n) is 15.3. The van der Waals surface area contributed by atoms with Gasteiger partial charge in [0.15, 0.2) is 11.6 Å². The summed E-state index contributed by atoms with van der Waals surface area (Å²) in [5.41, 5.74) is 0.260. The summed E-state index contributed by atoms with van der Waals surface area (Å²) in [5.74, 6) is -0.239. The Balaban J connectivity index is 1.69. The molecule has 1 aliphatic rings. The Morgan fingerprint density at radius 3 is 2.66 bits per heavy atom. The monoisotopic (exact) mass is 406 g/mol. The lowest BCUT2D eigenvalue weighted by Crippen LogP contribution is -2.41. The molecule has 0 spiro atoms. The van der Waals surface area contributed by atoms with Crippen molar-refractivity contribution >= 4 is 17.4 Å². The van der Waals surface area contributed by atoms with Crippen molar-refractivity contribution in [2.75, 3.05) is 31.2 Å². The molecule has 0 aliphatic carbocycles. The summed E-state index contributed by atoms with van der Waals surface area (Å²) in [6.07, 6.45) is -1.67. The molecule has 4 heterocycles. The molecule has 0 saturated carbocycles. The van der Waals surface area contributed by atoms with Crippen LogP contribution in [0.15, 0.2) is 48.8 Å². The Kier molecular flexibility index (Phi) is 5.10. The zero-order valence-corrected chi connectivity index (χ0v) is 15.3. The molecule has 3 aromatic heterocycles. The molecule has 1 fully saturated rings. The predicted octanol–water partition coefficient (Wildman–Crippen LogP) is 2.02. The van der Waals surface area contributed by atoms with Crippen molar-refractivity contribution in [1.82, 2.24) is 15.3 Å². The number of amides is 1. The highest BCUT2D eigenvalue weighted by atomic mass is 19.4. The maximum atomic E-state index is 13.6. The van der Waals surface area contributed by atoms with Gasteiger partial charge in [-0.3, -0.25) is 14.7 Å². The second-order valence-corrected chi connectivity index (χ2v) is 6.58. The van der Waals surface area contributed by atoms with E-state index in [1.165, 1.54) is 24.4 Å². The minimum Gasteiger partial charge on any atom is -0.375 e. The van der Waals surface area contributed by atoms with E-state index in [1.54, 1.807) is 28.8 Å². The second kappa shape index (κ2) is 7.70. The average Bonchev–Trinajstić information content (AvgIpc) is 3.12. The van der Waals surface area contributed by atoms with Crippen molar-refractivity contribution in [1.29, 1.82) is 0 Å². The molecule has 10 heteroatoms. The Labute approximate surface area is 164 Å². The standard InChI is InChI=1S/C19H18F3N5O2/c20-19(21,22)16(13-5-1-3-7-23-13)25-17(28)15-14-6-2-4-8-27(14)18(24-15)26-9-11-29-12-10-26/h1-8,16H,9-12H2,(H,25,28)/p+1. The molecule has 29 heavy (non-hydrogen) atoms. The number of aromatic nitrogens is 3. The maximum Gasteiger partial charge on any atom is 0.414 e. The lowest BCUT2D eigenvalue weighted by atomic mass is 10.1. The van der Waals surface area contributed by atoms with Crippen LogP contribution in [0.25, 0.3) is 5.52 Å². The highest BCUT2D eigenvalue weighted by molar-refractivity contribution is 5.98. The molecular formula is C19H19F3N5O2+. The fourth-order valence-corrected chi connectivity index (χ4v) is 3.32. The number of pyridine rings is 2. The number of nitrogens with one attached hydrogen (secondary N) is 2. The van der Waals surface area contributed by atoms with Gasteiger partial charge in [-0.25, -0.2) is 9.38 Å². The smallest absolute Gasteiger partial charge is 0.375 e. The molecule has 0 radical (unpaired) electrons. The van der Waals surface area contributed by atoms with Gasteiger partial charge < -0.3 is 10.1 Å². The van der Waals surface area contributed by atoms with E-state index in [4.69, 9.17) is 4.74 Å². The number of halogens is 3. The number of morpholine rings is 1. The highest BCUT2D eigenvalue weighted by Crippen LogP contribution is 2.32. The first-order chi connectivity index (χ1) is 13.9. The molecule has 1 aliphatic heterocycles. The third kappa shape index (κ3) is 3.88. The van der Waals surface area contributed by atoms with Crippen LogP contribution in [0.2, 0.25) is 0 Å². The van der Waals surface area contributed by atoms with Crippen LogP contribution in [0, 0.1) is 0 Å². The van der Waals surface area contributed by atoms with E-state index in [0.717, 1.165) is 0 Å². The largest absolute Gasteiger partial charge is 0.414 e. The molecular weight excluding hydrogens is 387 g/mol. The summed E-state index contributed by atoms with van der Waals surface area (Å²) < 4.78 is 47.9. The van der Waals surface area contributed by atoms with Gasteiger partial charge in [-0.2, -0.15) is 13.2 Å². The van der Waals surface area contributed by atoms with Crippen LogP contribution in [-0.4, -0.2) is 48.4 Å². The molecule has 3 aromatic rings. The Hall–Kier alpha value is -3.14. The van der Waals surface area contributed by atoms with Crippen LogP contribution < -0.4 is 14.6 Å². The summed E-state index contributed by atoms with van der Waals surface area (Å²) in [6.45, 7) is 2.28. The zero-order chi connectivity index (χ0) is 20.4. The number of H-pyrrole nitrogens is 1. The van der Waals surface area contributed by atoms with E-state index in [2.05, 4.69) is 15.3 Å². The number of nitrogens with zero attached hydrogens (tertiary/aromatic N) is 3. The first-order valence-corrected chi connectivity index (χ1v) is 9.09. The van der Waals surface area contributed by atoms with Crippen molar-refractivity contribution in [3.8, 4) is 0 Å². The number of ether oxygens (including phenoxy) is 1. The van der Waals surface area contributed by atoms with Gasteiger partial charge >= 0.3 is 12.1 Å². The average molecular weight is 406 g/mol. The number of anilines is 1. The van der Waals surface area contributed by atoms with Crippen molar-refractivity contribution in [3.63, 3.8) is 0 Å². The number of hydrogen-bond acceptors (Lipinski definition) is 4. The molecule has 0 aromatic carbocycles. The predicted molar refractivity (Wildman–Crippen MR) is 97.5 cm³/mol. The molecule has 0 bridgehead atoms. The van der Waals surface area contributed by atoms with Crippen molar-refractivity contribution < 1.29 is 27.1 Å². The molecule has 1 unspecified atom stereocenters. The number of imidazole rings is 1. The number of carbonyl (C=O) groups excluding carboxylic acids is 1. The molecule has 2 N–H and O–H groups in total. The second-order valence-electron chi connectivity index (χ2n) is 6.58. The third-order valence-electron chi connectivity index (χ3n) is 4.70. The summed E-state index contributed by atoms with van der Waals surface area (Å²) in [5, 5.41) is 2.08. The number of carbonyl (C=O) groups is 1. The van der Waals surface area contributed by atoms with E-state index in [9.17, 15) is 18.0 Å². The molecule has 1 saturated heterocycles. The van der Waals surface area contributed by atoms with Crippen LogP contribution in [0.1, 0.15) is 22.2 Å². The first-order valence-electron chi connectivity index (χ1n) is 9.09. The Bertz CT molecular complexity index is 1000. The summed E-state index contributed by atoms with van der Waals surface area (Å²) in [7, 11) is 0. The van der Waals surface area contributed by atoms with Gasteiger partial charge in [-0.05, 0) is 24.3 Å². The molecule has 4 rings (SSSR count). The van der Waals surface area contributed by atoms with Gasteiger partial charge in [0.1, 0.15) is 0 Å². The number of alkyl halides is 3. The van der Waals surface area contributed by atoms with Crippen molar-refractivity contribution in [3.05, 3.63) is 60.2 Å². The summed E-state index contributed by atoms with van der Waals surface area (Å²) in [4.78, 5) is 21.6. The lowest BCUT2D eigenvalue weighted by Gasteiger charge is -2.21. The molecule has 152 valence electrons. The van der Waals surface area contributed by atoms with E-state index in [0.29, 0.717) is 37.8 Å². The van der Waals surface area contributed by atoms with Gasteiger partial charge in [-0.15, -0.1) is 0 Å². The van der Waals surface area contributed by atoms with E-state index in [1.807, 2.05) is 4.90 Å². The highest BCUT2D eigenvalue weighted by Gasteiger charge is 2.43. The van der Waals surface area contributed by atoms with Crippen LogP contribution in [0.3, 0.4) is 0 Å². The molecule has 7 nitrogen and oxygen atoms in total. The fourth-order valence-electron chi connectivity index (χ4n) is 3.32. The summed E-state index contributed by atoms with van der Waals surface area (Å²) >= 11 is 0. The van der Waals surface area contributed by atoms with Crippen LogP contribution in [0.4, 0.5) is 19.1 Å². The molecule has 1 atom stereocenters. The van der Waals surface area contributed by atoms with E-state index < -0.39 is 18.1 Å². The normalized spacial score (nSPS) is 16.0. The number of aromatic amines is 1. The minimum atomic E-state index is -4.69. The third-order valence-corrected chi connectivity index (χ3v) is 4.70.